The van der Waals surface area contributed by atoms with Crippen LogP contribution in [0.5, 0.6) is 0 Å². The van der Waals surface area contributed by atoms with E-state index in [9.17, 15) is 4.79 Å². The first-order chi connectivity index (χ1) is 8.15. The van der Waals surface area contributed by atoms with Crippen LogP contribution in [0.3, 0.4) is 0 Å². The molecule has 1 heterocycles. The van der Waals surface area contributed by atoms with Gasteiger partial charge in [0.1, 0.15) is 0 Å². The van der Waals surface area contributed by atoms with E-state index in [1.54, 1.807) is 17.0 Å². The van der Waals surface area contributed by atoms with Crippen LogP contribution in [-0.2, 0) is 4.79 Å². The first kappa shape index (κ1) is 11.9. The number of carbonyl (C=O) groups is 1. The number of hydrogen-bond donors (Lipinski definition) is 1. The molecule has 1 aromatic rings. The molecule has 1 aliphatic heterocycles. The minimum Gasteiger partial charge on any atom is -0.311 e. The zero-order valence-corrected chi connectivity index (χ0v) is 10.2. The summed E-state index contributed by atoms with van der Waals surface area (Å²) in [5, 5.41) is 0. The van der Waals surface area contributed by atoms with E-state index < -0.39 is 0 Å². The highest BCUT2D eigenvalue weighted by atomic mass is 35.5. The molecule has 1 unspecified atom stereocenters. The quantitative estimate of drug-likeness (QED) is 0.646. The van der Waals surface area contributed by atoms with Crippen LogP contribution in [0.15, 0.2) is 18.2 Å². The molecule has 0 saturated carbocycles. The van der Waals surface area contributed by atoms with Crippen molar-refractivity contribution in [2.75, 3.05) is 11.4 Å². The van der Waals surface area contributed by atoms with Crippen molar-refractivity contribution < 1.29 is 4.79 Å². The van der Waals surface area contributed by atoms with Crippen molar-refractivity contribution in [2.24, 2.45) is 0 Å². The van der Waals surface area contributed by atoms with Crippen molar-refractivity contribution in [1.29, 1.82) is 0 Å². The molecule has 0 aromatic heterocycles. The SMILES string of the molecule is [C-]#[N+]c1ccc(N2CC(NCl)CC2=O)cc1C. The minimum absolute atomic E-state index is 0.00925. The molecule has 0 radical (unpaired) electrons. The molecule has 1 amide bonds. The monoisotopic (exact) mass is 249 g/mol. The Morgan fingerprint density at radius 2 is 2.35 bits per heavy atom. The maximum absolute atomic E-state index is 11.8. The summed E-state index contributed by atoms with van der Waals surface area (Å²) in [6, 6.07) is 5.40. The highest BCUT2D eigenvalue weighted by Gasteiger charge is 2.30. The third kappa shape index (κ3) is 2.26. The van der Waals surface area contributed by atoms with E-state index in [0.29, 0.717) is 18.7 Å². The van der Waals surface area contributed by atoms with Gasteiger partial charge in [-0.3, -0.25) is 4.79 Å². The number of nitrogens with one attached hydrogen (secondary N) is 1. The predicted octanol–water partition coefficient (Wildman–Crippen LogP) is 2.39. The molecular weight excluding hydrogens is 238 g/mol. The molecule has 1 aromatic carbocycles. The van der Waals surface area contributed by atoms with Gasteiger partial charge in [-0.2, -0.15) is 0 Å². The third-order valence-corrected chi connectivity index (χ3v) is 3.20. The van der Waals surface area contributed by atoms with Crippen LogP contribution in [0.25, 0.3) is 4.85 Å². The minimum atomic E-state index is -0.00925. The fraction of sp³-hybridized carbons (Fsp3) is 0.333. The summed E-state index contributed by atoms with van der Waals surface area (Å²) >= 11 is 5.54. The largest absolute Gasteiger partial charge is 0.311 e. The van der Waals surface area contributed by atoms with Crippen molar-refractivity contribution in [3.8, 4) is 0 Å². The first-order valence-corrected chi connectivity index (χ1v) is 5.68. The number of nitrogens with zero attached hydrogens (tertiary/aromatic N) is 2. The molecule has 88 valence electrons. The Kier molecular flexibility index (Phi) is 3.32. The lowest BCUT2D eigenvalue weighted by molar-refractivity contribution is -0.117. The number of aryl methyl sites for hydroxylation is 1. The summed E-state index contributed by atoms with van der Waals surface area (Å²) in [6.07, 6.45) is 0.410. The smallest absolute Gasteiger partial charge is 0.228 e. The van der Waals surface area contributed by atoms with Gasteiger partial charge in [0, 0.05) is 24.7 Å². The van der Waals surface area contributed by atoms with E-state index in [1.165, 1.54) is 0 Å². The van der Waals surface area contributed by atoms with Crippen molar-refractivity contribution in [1.82, 2.24) is 4.84 Å². The summed E-state index contributed by atoms with van der Waals surface area (Å²) in [7, 11) is 0. The molecule has 5 heteroatoms. The van der Waals surface area contributed by atoms with Gasteiger partial charge in [-0.1, -0.05) is 6.07 Å². The summed E-state index contributed by atoms with van der Waals surface area (Å²) in [5.41, 5.74) is 2.33. The van der Waals surface area contributed by atoms with Crippen LogP contribution in [0.2, 0.25) is 0 Å². The van der Waals surface area contributed by atoms with E-state index in [0.717, 1.165) is 11.3 Å². The molecule has 1 fully saturated rings. The average Bonchev–Trinajstić information content (AvgIpc) is 2.70. The number of halogens is 1. The number of benzene rings is 1. The number of amides is 1. The maximum Gasteiger partial charge on any atom is 0.228 e. The Morgan fingerprint density at radius 1 is 1.59 bits per heavy atom. The van der Waals surface area contributed by atoms with E-state index in [-0.39, 0.29) is 11.9 Å². The first-order valence-electron chi connectivity index (χ1n) is 5.30. The fourth-order valence-electron chi connectivity index (χ4n) is 1.96. The van der Waals surface area contributed by atoms with Gasteiger partial charge in [0.15, 0.2) is 5.69 Å². The standard InChI is InChI=1S/C12H12ClN3O/c1-8-5-10(3-4-11(8)14-2)16-7-9(15-13)6-12(16)17/h3-5,9,15H,6-7H2,1H3. The third-order valence-electron chi connectivity index (χ3n) is 2.89. The highest BCUT2D eigenvalue weighted by Crippen LogP contribution is 2.27. The summed E-state index contributed by atoms with van der Waals surface area (Å²) in [5.74, 6) is 0.0538. The van der Waals surface area contributed by atoms with Gasteiger partial charge >= 0.3 is 0 Å². The maximum atomic E-state index is 11.8. The van der Waals surface area contributed by atoms with Crippen LogP contribution in [0.1, 0.15) is 12.0 Å². The second kappa shape index (κ2) is 4.74. The Morgan fingerprint density at radius 3 is 2.88 bits per heavy atom. The second-order valence-electron chi connectivity index (χ2n) is 4.10. The number of anilines is 1. The molecule has 17 heavy (non-hydrogen) atoms. The lowest BCUT2D eigenvalue weighted by Crippen LogP contribution is -2.28. The molecule has 0 aliphatic carbocycles. The molecule has 0 bridgehead atoms. The van der Waals surface area contributed by atoms with E-state index in [2.05, 4.69) is 9.68 Å². The summed E-state index contributed by atoms with van der Waals surface area (Å²) < 4.78 is 0. The number of hydrogen-bond acceptors (Lipinski definition) is 2. The van der Waals surface area contributed by atoms with Gasteiger partial charge in [0.25, 0.3) is 0 Å². The Hall–Kier alpha value is -1.57. The van der Waals surface area contributed by atoms with E-state index in [4.69, 9.17) is 18.3 Å². The molecule has 2 rings (SSSR count). The van der Waals surface area contributed by atoms with Gasteiger partial charge in [-0.25, -0.2) is 9.68 Å². The molecule has 0 spiro atoms. The Balaban J connectivity index is 2.27. The molecule has 4 nitrogen and oxygen atoms in total. The van der Waals surface area contributed by atoms with Crippen molar-refractivity contribution in [2.45, 2.75) is 19.4 Å². The second-order valence-corrected chi connectivity index (χ2v) is 4.32. The van der Waals surface area contributed by atoms with Gasteiger partial charge < -0.3 is 4.90 Å². The molecule has 1 N–H and O–H groups in total. The number of rotatable bonds is 2. The van der Waals surface area contributed by atoms with Crippen LogP contribution in [0, 0.1) is 13.5 Å². The fourth-order valence-corrected chi connectivity index (χ4v) is 2.11. The van der Waals surface area contributed by atoms with E-state index >= 15 is 0 Å². The zero-order valence-electron chi connectivity index (χ0n) is 9.40. The molecule has 1 saturated heterocycles. The zero-order chi connectivity index (χ0) is 12.4. The van der Waals surface area contributed by atoms with Crippen LogP contribution in [0.4, 0.5) is 11.4 Å². The van der Waals surface area contributed by atoms with Crippen LogP contribution in [-0.4, -0.2) is 18.5 Å². The molecular formula is C12H12ClN3O. The average molecular weight is 250 g/mol. The van der Waals surface area contributed by atoms with E-state index in [1.807, 2.05) is 13.0 Å². The van der Waals surface area contributed by atoms with Crippen LogP contribution < -0.4 is 9.74 Å². The Bertz CT molecular complexity index is 495. The summed E-state index contributed by atoms with van der Waals surface area (Å²) in [6.45, 7) is 9.42. The van der Waals surface area contributed by atoms with Gasteiger partial charge in [-0.05, 0) is 36.4 Å². The van der Waals surface area contributed by atoms with Gasteiger partial charge in [0.05, 0.1) is 6.57 Å². The van der Waals surface area contributed by atoms with Gasteiger partial charge in [0.2, 0.25) is 5.91 Å². The topological polar surface area (TPSA) is 36.7 Å². The Labute approximate surface area is 105 Å². The molecule has 1 atom stereocenters. The molecule has 1 aliphatic rings. The normalized spacial score (nSPS) is 19.5. The van der Waals surface area contributed by atoms with Crippen LogP contribution >= 0.6 is 11.8 Å². The number of carbonyl (C=O) groups excluding carboxylic acids is 1. The van der Waals surface area contributed by atoms with Crippen molar-refractivity contribution >= 4 is 29.1 Å². The van der Waals surface area contributed by atoms with Crippen molar-refractivity contribution in [3.63, 3.8) is 0 Å². The summed E-state index contributed by atoms with van der Waals surface area (Å²) in [4.78, 5) is 19.5. The lowest BCUT2D eigenvalue weighted by atomic mass is 10.1. The van der Waals surface area contributed by atoms with Gasteiger partial charge in [-0.15, -0.1) is 0 Å². The highest BCUT2D eigenvalue weighted by molar-refractivity contribution is 6.14. The van der Waals surface area contributed by atoms with Crippen molar-refractivity contribution in [3.05, 3.63) is 35.2 Å². The lowest BCUT2D eigenvalue weighted by Gasteiger charge is -2.17. The predicted molar refractivity (Wildman–Crippen MR) is 67.2 cm³/mol.